The number of Topliss-reactive ketones (excluding diaryl/α,β-unsaturated/α-hetero) is 1. The summed E-state index contributed by atoms with van der Waals surface area (Å²) in [5.74, 6) is -2.52. The van der Waals surface area contributed by atoms with Crippen molar-refractivity contribution in [3.05, 3.63) is 34.4 Å². The Bertz CT molecular complexity index is 379. The van der Waals surface area contributed by atoms with Gasteiger partial charge >= 0.3 is 0 Å². The molecule has 0 aliphatic carbocycles. The van der Waals surface area contributed by atoms with Gasteiger partial charge in [-0.2, -0.15) is 0 Å². The number of hydrogen-bond donors (Lipinski definition) is 0. The Labute approximate surface area is 93.2 Å². The van der Waals surface area contributed by atoms with Crippen LogP contribution in [-0.2, 0) is 0 Å². The molecule has 1 unspecified atom stereocenters. The number of carbonyl (C=O) groups excluding carboxylic acids is 1. The topological polar surface area (TPSA) is 17.1 Å². The lowest BCUT2D eigenvalue weighted by Crippen LogP contribution is -2.11. The van der Waals surface area contributed by atoms with Gasteiger partial charge in [-0.05, 0) is 19.1 Å². The first-order valence-electron chi connectivity index (χ1n) is 3.76. The van der Waals surface area contributed by atoms with E-state index < -0.39 is 16.5 Å². The van der Waals surface area contributed by atoms with Crippen molar-refractivity contribution >= 4 is 33.3 Å². The molecule has 0 heterocycles. The summed E-state index contributed by atoms with van der Waals surface area (Å²) in [6, 6.07) is 1.59. The molecule has 1 aromatic carbocycles. The van der Waals surface area contributed by atoms with Gasteiger partial charge in [-0.3, -0.25) is 4.79 Å². The van der Waals surface area contributed by atoms with Gasteiger partial charge in [0.05, 0.1) is 9.85 Å². The number of rotatable bonds is 2. The number of alkyl halides is 1. The van der Waals surface area contributed by atoms with Crippen LogP contribution in [0.15, 0.2) is 12.1 Å². The molecule has 0 aliphatic heterocycles. The summed E-state index contributed by atoms with van der Waals surface area (Å²) < 4.78 is 25.4. The van der Waals surface area contributed by atoms with Gasteiger partial charge in [0, 0.05) is 5.56 Å². The number of halogens is 4. The van der Waals surface area contributed by atoms with E-state index in [0.29, 0.717) is 0 Å². The van der Waals surface area contributed by atoms with E-state index in [4.69, 9.17) is 11.6 Å². The van der Waals surface area contributed by atoms with Crippen molar-refractivity contribution in [2.24, 2.45) is 0 Å². The first-order valence-corrected chi connectivity index (χ1v) is 5.05. The van der Waals surface area contributed by atoms with Gasteiger partial charge in [0.1, 0.15) is 0 Å². The van der Waals surface area contributed by atoms with E-state index in [0.717, 1.165) is 12.1 Å². The lowest BCUT2D eigenvalue weighted by molar-refractivity contribution is 0.0995. The summed E-state index contributed by atoms with van der Waals surface area (Å²) >= 11 is 8.62. The zero-order valence-corrected chi connectivity index (χ0v) is 9.49. The fraction of sp³-hybridized carbons (Fsp3) is 0.222. The smallest absolute Gasteiger partial charge is 0.177 e. The molecule has 0 aliphatic rings. The lowest BCUT2D eigenvalue weighted by Gasteiger charge is -2.05. The van der Waals surface area contributed by atoms with Crippen molar-refractivity contribution in [3.63, 3.8) is 0 Å². The number of benzene rings is 1. The summed E-state index contributed by atoms with van der Waals surface area (Å²) in [5.41, 5.74) is -0.0186. The van der Waals surface area contributed by atoms with Gasteiger partial charge in [0.25, 0.3) is 0 Å². The Morgan fingerprint density at radius 3 is 2.43 bits per heavy atom. The third kappa shape index (κ3) is 2.30. The van der Waals surface area contributed by atoms with Crippen LogP contribution in [0.3, 0.4) is 0 Å². The molecule has 14 heavy (non-hydrogen) atoms. The van der Waals surface area contributed by atoms with E-state index in [1.165, 1.54) is 0 Å². The van der Waals surface area contributed by atoms with Crippen molar-refractivity contribution in [3.8, 4) is 0 Å². The van der Waals surface area contributed by atoms with E-state index in [1.807, 2.05) is 0 Å². The van der Waals surface area contributed by atoms with Crippen molar-refractivity contribution in [2.45, 2.75) is 11.8 Å². The molecule has 76 valence electrons. The average molecular weight is 283 g/mol. The zero-order valence-electron chi connectivity index (χ0n) is 7.15. The highest BCUT2D eigenvalue weighted by Gasteiger charge is 2.18. The molecule has 0 aromatic heterocycles. The average Bonchev–Trinajstić information content (AvgIpc) is 2.10. The van der Waals surface area contributed by atoms with E-state index >= 15 is 0 Å². The minimum absolute atomic E-state index is 0.0186. The lowest BCUT2D eigenvalue weighted by atomic mass is 10.1. The highest BCUT2D eigenvalue weighted by molar-refractivity contribution is 9.10. The molecule has 1 atom stereocenters. The normalized spacial score (nSPS) is 12.6. The maximum atomic E-state index is 12.8. The van der Waals surface area contributed by atoms with Crippen LogP contribution in [0.2, 0.25) is 5.02 Å². The molecule has 1 rings (SSSR count). The fourth-order valence-electron chi connectivity index (χ4n) is 0.926. The summed E-state index contributed by atoms with van der Waals surface area (Å²) in [6.07, 6.45) is 0. The Morgan fingerprint density at radius 1 is 1.43 bits per heavy atom. The Morgan fingerprint density at radius 2 is 1.93 bits per heavy atom. The highest BCUT2D eigenvalue weighted by atomic mass is 79.9. The molecule has 1 nitrogen and oxygen atoms in total. The van der Waals surface area contributed by atoms with Gasteiger partial charge < -0.3 is 0 Å². The standard InChI is InChI=1S/C9H6BrClF2O/c1-4(10)9(14)5-2-7(12)8(13)3-6(5)11/h2-4H,1H3. The SMILES string of the molecule is CC(Br)C(=O)c1cc(F)c(F)cc1Cl. The van der Waals surface area contributed by atoms with E-state index in [9.17, 15) is 13.6 Å². The Hall–Kier alpha value is -0.480. The largest absolute Gasteiger partial charge is 0.293 e. The first-order chi connectivity index (χ1) is 6.43. The van der Waals surface area contributed by atoms with Crippen LogP contribution < -0.4 is 0 Å². The molecule has 0 amide bonds. The third-order valence-electron chi connectivity index (χ3n) is 1.64. The van der Waals surface area contributed by atoms with Crippen LogP contribution in [0.1, 0.15) is 17.3 Å². The second-order valence-corrected chi connectivity index (χ2v) is 4.51. The number of hydrogen-bond acceptors (Lipinski definition) is 1. The van der Waals surface area contributed by atoms with Crippen LogP contribution in [0.5, 0.6) is 0 Å². The minimum atomic E-state index is -1.08. The van der Waals surface area contributed by atoms with E-state index in [-0.39, 0.29) is 16.4 Å². The summed E-state index contributed by atoms with van der Waals surface area (Å²) in [5, 5.41) is -0.0831. The van der Waals surface area contributed by atoms with E-state index in [2.05, 4.69) is 15.9 Å². The second kappa shape index (κ2) is 4.36. The van der Waals surface area contributed by atoms with Gasteiger partial charge in [-0.1, -0.05) is 27.5 Å². The Balaban J connectivity index is 3.22. The van der Waals surface area contributed by atoms with Gasteiger partial charge in [-0.25, -0.2) is 8.78 Å². The van der Waals surface area contributed by atoms with Crippen molar-refractivity contribution in [2.75, 3.05) is 0 Å². The van der Waals surface area contributed by atoms with Crippen molar-refractivity contribution in [1.29, 1.82) is 0 Å². The summed E-state index contributed by atoms with van der Waals surface area (Å²) in [6.45, 7) is 1.58. The zero-order chi connectivity index (χ0) is 10.9. The van der Waals surface area contributed by atoms with Crippen LogP contribution in [-0.4, -0.2) is 10.6 Å². The molecule has 0 saturated carbocycles. The summed E-state index contributed by atoms with van der Waals surface area (Å²) in [7, 11) is 0. The molecule has 1 aromatic rings. The van der Waals surface area contributed by atoms with Crippen LogP contribution in [0.25, 0.3) is 0 Å². The van der Waals surface area contributed by atoms with Crippen LogP contribution >= 0.6 is 27.5 Å². The maximum Gasteiger partial charge on any atom is 0.177 e. The minimum Gasteiger partial charge on any atom is -0.293 e. The quantitative estimate of drug-likeness (QED) is 0.460. The van der Waals surface area contributed by atoms with Crippen molar-refractivity contribution in [1.82, 2.24) is 0 Å². The monoisotopic (exact) mass is 282 g/mol. The second-order valence-electron chi connectivity index (χ2n) is 2.73. The maximum absolute atomic E-state index is 12.8. The highest BCUT2D eigenvalue weighted by Crippen LogP contribution is 2.22. The molecular formula is C9H6BrClF2O. The molecule has 0 radical (unpaired) electrons. The third-order valence-corrected chi connectivity index (χ3v) is 2.37. The molecule has 5 heteroatoms. The van der Waals surface area contributed by atoms with Crippen molar-refractivity contribution < 1.29 is 13.6 Å². The van der Waals surface area contributed by atoms with E-state index in [1.54, 1.807) is 6.92 Å². The van der Waals surface area contributed by atoms with Gasteiger partial charge in [0.2, 0.25) is 0 Å². The first kappa shape index (κ1) is 11.6. The molecule has 0 bridgehead atoms. The number of ketones is 1. The Kier molecular flexibility index (Phi) is 3.61. The predicted molar refractivity (Wildman–Crippen MR) is 54.1 cm³/mol. The molecular weight excluding hydrogens is 277 g/mol. The van der Waals surface area contributed by atoms with Gasteiger partial charge in [-0.15, -0.1) is 0 Å². The van der Waals surface area contributed by atoms with Gasteiger partial charge in [0.15, 0.2) is 17.4 Å². The molecule has 0 saturated heterocycles. The summed E-state index contributed by atoms with van der Waals surface area (Å²) in [4.78, 5) is 10.9. The molecule has 0 fully saturated rings. The predicted octanol–water partition coefficient (Wildman–Crippen LogP) is 3.58. The van der Waals surface area contributed by atoms with Crippen LogP contribution in [0.4, 0.5) is 8.78 Å². The fourth-order valence-corrected chi connectivity index (χ4v) is 1.42. The van der Waals surface area contributed by atoms with Crippen LogP contribution in [0, 0.1) is 11.6 Å². The number of carbonyl (C=O) groups is 1. The molecule has 0 spiro atoms. The molecule has 0 N–H and O–H groups in total.